The average molecular weight is 325 g/mol. The molecule has 0 N–H and O–H groups in total. The second-order valence-electron chi connectivity index (χ2n) is 5.11. The second kappa shape index (κ2) is 5.27. The first-order valence-electron chi connectivity index (χ1n) is 6.48. The highest BCUT2D eigenvalue weighted by Gasteiger charge is 2.37. The minimum atomic E-state index is -3.70. The number of aromatic nitrogens is 1. The van der Waals surface area contributed by atoms with Crippen molar-refractivity contribution in [3.63, 3.8) is 0 Å². The Labute approximate surface area is 127 Å². The molecule has 0 saturated carbocycles. The fourth-order valence-electron chi connectivity index (χ4n) is 2.52. The Morgan fingerprint density at radius 2 is 2.14 bits per heavy atom. The minimum Gasteiger partial charge on any atom is -0.337 e. The van der Waals surface area contributed by atoms with Gasteiger partial charge in [0.15, 0.2) is 0 Å². The molecule has 1 aromatic heterocycles. The molecule has 2 aromatic rings. The molecule has 1 aromatic carbocycles. The molecular formula is C14H13ClN2O3S. The van der Waals surface area contributed by atoms with E-state index in [2.05, 4.69) is 4.98 Å². The summed E-state index contributed by atoms with van der Waals surface area (Å²) in [7, 11) is 1.64. The summed E-state index contributed by atoms with van der Waals surface area (Å²) in [5, 5.41) is 0.178. The SMILES string of the molecule is O=C1CC(S(=O)(=O)Cl)CN1Cc1ccc2ncccc2c1. The number of rotatable bonds is 3. The number of fused-ring (bicyclic) bond motifs is 1. The van der Waals surface area contributed by atoms with Crippen molar-refractivity contribution in [2.75, 3.05) is 6.54 Å². The maximum atomic E-state index is 11.9. The lowest BCUT2D eigenvalue weighted by molar-refractivity contribution is -0.128. The molecule has 1 aliphatic heterocycles. The van der Waals surface area contributed by atoms with Gasteiger partial charge >= 0.3 is 0 Å². The standard InChI is InChI=1S/C14H13ClN2O3S/c15-21(19,20)12-7-14(18)17(9-12)8-10-3-4-13-11(6-10)2-1-5-16-13/h1-6,12H,7-9H2. The molecule has 5 nitrogen and oxygen atoms in total. The number of hydrogen-bond donors (Lipinski definition) is 0. The lowest BCUT2D eigenvalue weighted by atomic mass is 10.1. The zero-order valence-electron chi connectivity index (χ0n) is 11.1. The van der Waals surface area contributed by atoms with Crippen LogP contribution in [0.25, 0.3) is 10.9 Å². The van der Waals surface area contributed by atoms with Crippen LogP contribution in [0.1, 0.15) is 12.0 Å². The summed E-state index contributed by atoms with van der Waals surface area (Å²) >= 11 is 0. The largest absolute Gasteiger partial charge is 0.337 e. The number of carbonyl (C=O) groups is 1. The van der Waals surface area contributed by atoms with Crippen LogP contribution in [0.5, 0.6) is 0 Å². The number of carbonyl (C=O) groups excluding carboxylic acids is 1. The van der Waals surface area contributed by atoms with E-state index in [1.54, 1.807) is 6.20 Å². The molecule has 2 heterocycles. The summed E-state index contributed by atoms with van der Waals surface area (Å²) < 4.78 is 22.7. The molecule has 0 radical (unpaired) electrons. The zero-order valence-corrected chi connectivity index (χ0v) is 12.6. The number of benzene rings is 1. The smallest absolute Gasteiger partial charge is 0.237 e. The summed E-state index contributed by atoms with van der Waals surface area (Å²) in [5.41, 5.74) is 1.83. The topological polar surface area (TPSA) is 67.3 Å². The molecule has 0 bridgehead atoms. The predicted molar refractivity (Wildman–Crippen MR) is 80.3 cm³/mol. The molecule has 1 aliphatic rings. The zero-order chi connectivity index (χ0) is 15.0. The molecule has 7 heteroatoms. The first-order chi connectivity index (χ1) is 9.93. The summed E-state index contributed by atoms with van der Waals surface area (Å²) in [5.74, 6) is -0.185. The van der Waals surface area contributed by atoms with Gasteiger partial charge in [0, 0.05) is 41.8 Å². The third-order valence-electron chi connectivity index (χ3n) is 3.62. The van der Waals surface area contributed by atoms with E-state index in [4.69, 9.17) is 10.7 Å². The molecule has 110 valence electrons. The van der Waals surface area contributed by atoms with Crippen LogP contribution in [-0.4, -0.2) is 36.0 Å². The Hall–Kier alpha value is -1.66. The lowest BCUT2D eigenvalue weighted by Gasteiger charge is -2.16. The van der Waals surface area contributed by atoms with Crippen molar-refractivity contribution >= 4 is 36.5 Å². The molecule has 1 atom stereocenters. The Morgan fingerprint density at radius 3 is 2.86 bits per heavy atom. The van der Waals surface area contributed by atoms with Gasteiger partial charge in [0.1, 0.15) is 5.25 Å². The molecule has 1 fully saturated rings. The Morgan fingerprint density at radius 1 is 1.33 bits per heavy atom. The highest BCUT2D eigenvalue weighted by molar-refractivity contribution is 8.14. The predicted octanol–water partition coefficient (Wildman–Crippen LogP) is 1.90. The van der Waals surface area contributed by atoms with E-state index in [1.165, 1.54) is 4.90 Å². The number of hydrogen-bond acceptors (Lipinski definition) is 4. The van der Waals surface area contributed by atoms with Crippen LogP contribution in [-0.2, 0) is 20.4 Å². The fraction of sp³-hybridized carbons (Fsp3) is 0.286. The van der Waals surface area contributed by atoms with Crippen molar-refractivity contribution in [2.45, 2.75) is 18.2 Å². The monoisotopic (exact) mass is 324 g/mol. The maximum absolute atomic E-state index is 11.9. The van der Waals surface area contributed by atoms with Crippen molar-refractivity contribution < 1.29 is 13.2 Å². The fourth-order valence-corrected chi connectivity index (χ4v) is 3.58. The molecular weight excluding hydrogens is 312 g/mol. The Kier molecular flexibility index (Phi) is 3.59. The second-order valence-corrected chi connectivity index (χ2v) is 8.01. The molecule has 1 saturated heterocycles. The number of likely N-dealkylation sites (tertiary alicyclic amines) is 1. The lowest BCUT2D eigenvalue weighted by Crippen LogP contribution is -2.26. The van der Waals surface area contributed by atoms with Gasteiger partial charge in [-0.2, -0.15) is 0 Å². The number of amides is 1. The van der Waals surface area contributed by atoms with Gasteiger partial charge in [0.2, 0.25) is 15.0 Å². The van der Waals surface area contributed by atoms with E-state index in [1.807, 2.05) is 30.3 Å². The van der Waals surface area contributed by atoms with E-state index in [0.29, 0.717) is 6.54 Å². The van der Waals surface area contributed by atoms with E-state index in [-0.39, 0.29) is 18.9 Å². The summed E-state index contributed by atoms with van der Waals surface area (Å²) in [6.07, 6.45) is 1.68. The number of pyridine rings is 1. The van der Waals surface area contributed by atoms with Crippen LogP contribution in [0.15, 0.2) is 36.5 Å². The van der Waals surface area contributed by atoms with Crippen LogP contribution in [0.2, 0.25) is 0 Å². The highest BCUT2D eigenvalue weighted by Crippen LogP contribution is 2.23. The summed E-state index contributed by atoms with van der Waals surface area (Å²) in [6, 6.07) is 9.54. The van der Waals surface area contributed by atoms with Crippen LogP contribution in [0.3, 0.4) is 0 Å². The van der Waals surface area contributed by atoms with E-state index in [0.717, 1.165) is 16.5 Å². The third kappa shape index (κ3) is 3.01. The van der Waals surface area contributed by atoms with Crippen molar-refractivity contribution in [2.24, 2.45) is 0 Å². The van der Waals surface area contributed by atoms with Crippen LogP contribution in [0.4, 0.5) is 0 Å². The number of halogens is 1. The van der Waals surface area contributed by atoms with Gasteiger partial charge in [-0.25, -0.2) is 8.42 Å². The molecule has 1 amide bonds. The van der Waals surface area contributed by atoms with E-state index in [9.17, 15) is 13.2 Å². The normalized spacial score (nSPS) is 19.4. The van der Waals surface area contributed by atoms with Gasteiger partial charge in [-0.1, -0.05) is 12.1 Å². The van der Waals surface area contributed by atoms with Gasteiger partial charge in [-0.15, -0.1) is 0 Å². The quantitative estimate of drug-likeness (QED) is 0.809. The highest BCUT2D eigenvalue weighted by atomic mass is 35.7. The molecule has 1 unspecified atom stereocenters. The molecule has 0 spiro atoms. The molecule has 21 heavy (non-hydrogen) atoms. The van der Waals surface area contributed by atoms with Gasteiger partial charge in [-0.05, 0) is 23.8 Å². The van der Waals surface area contributed by atoms with E-state index < -0.39 is 14.3 Å². The van der Waals surface area contributed by atoms with E-state index >= 15 is 0 Å². The Bertz CT molecular complexity index is 807. The number of nitrogens with zero attached hydrogens (tertiary/aromatic N) is 2. The summed E-state index contributed by atoms with van der Waals surface area (Å²) in [6.45, 7) is 0.530. The first-order valence-corrected chi connectivity index (χ1v) is 8.85. The van der Waals surface area contributed by atoms with Crippen LogP contribution in [0, 0.1) is 0 Å². The Balaban J connectivity index is 1.81. The third-order valence-corrected chi connectivity index (χ3v) is 5.49. The van der Waals surface area contributed by atoms with Crippen LogP contribution >= 0.6 is 10.7 Å². The molecule has 0 aliphatic carbocycles. The van der Waals surface area contributed by atoms with Gasteiger partial charge in [-0.3, -0.25) is 9.78 Å². The van der Waals surface area contributed by atoms with Crippen molar-refractivity contribution in [1.82, 2.24) is 9.88 Å². The van der Waals surface area contributed by atoms with Crippen molar-refractivity contribution in [1.29, 1.82) is 0 Å². The maximum Gasteiger partial charge on any atom is 0.237 e. The van der Waals surface area contributed by atoms with Gasteiger partial charge in [0.25, 0.3) is 0 Å². The van der Waals surface area contributed by atoms with Crippen LogP contribution < -0.4 is 0 Å². The van der Waals surface area contributed by atoms with Gasteiger partial charge < -0.3 is 4.90 Å². The van der Waals surface area contributed by atoms with Crippen molar-refractivity contribution in [3.8, 4) is 0 Å². The van der Waals surface area contributed by atoms with Gasteiger partial charge in [0.05, 0.1) is 5.52 Å². The summed E-state index contributed by atoms with van der Waals surface area (Å²) in [4.78, 5) is 17.7. The average Bonchev–Trinajstić information content (AvgIpc) is 2.80. The first kappa shape index (κ1) is 14.3. The molecule has 3 rings (SSSR count). The minimum absolute atomic E-state index is 0.0407. The van der Waals surface area contributed by atoms with Crippen molar-refractivity contribution in [3.05, 3.63) is 42.1 Å².